The number of hydrogen-bond acceptors (Lipinski definition) is 4. The molecule has 0 aromatic heterocycles. The van der Waals surface area contributed by atoms with Gasteiger partial charge in [-0.1, -0.05) is 0 Å². The van der Waals surface area contributed by atoms with Crippen LogP contribution in [0.4, 0.5) is 15.8 Å². The summed E-state index contributed by atoms with van der Waals surface area (Å²) in [7, 11) is 0. The molecular formula is C18H24FN3O3. The number of benzene rings is 1. The molecule has 2 amide bonds. The van der Waals surface area contributed by atoms with Crippen molar-refractivity contribution in [3.8, 4) is 0 Å². The Hall–Kier alpha value is -2.15. The van der Waals surface area contributed by atoms with Crippen LogP contribution in [0, 0.1) is 11.7 Å². The van der Waals surface area contributed by atoms with Crippen LogP contribution in [0.3, 0.4) is 0 Å². The lowest BCUT2D eigenvalue weighted by atomic mass is 10.1. The summed E-state index contributed by atoms with van der Waals surface area (Å²) in [6.07, 6.45) is 2.36. The molecular weight excluding hydrogens is 325 g/mol. The van der Waals surface area contributed by atoms with Crippen molar-refractivity contribution in [2.24, 2.45) is 5.92 Å². The van der Waals surface area contributed by atoms with E-state index in [0.29, 0.717) is 31.0 Å². The zero-order chi connectivity index (χ0) is 17.8. The van der Waals surface area contributed by atoms with E-state index in [1.807, 2.05) is 6.92 Å². The van der Waals surface area contributed by atoms with Crippen LogP contribution in [0.15, 0.2) is 18.2 Å². The molecule has 1 aromatic rings. The van der Waals surface area contributed by atoms with Gasteiger partial charge in [0, 0.05) is 38.3 Å². The molecule has 0 radical (unpaired) electrons. The molecule has 2 N–H and O–H groups in total. The molecule has 2 saturated heterocycles. The maximum atomic E-state index is 14.2. The summed E-state index contributed by atoms with van der Waals surface area (Å²) in [6.45, 7) is 4.24. The summed E-state index contributed by atoms with van der Waals surface area (Å²) in [5.74, 6) is -1.06. The van der Waals surface area contributed by atoms with Gasteiger partial charge in [0.05, 0.1) is 17.7 Å². The van der Waals surface area contributed by atoms with E-state index in [9.17, 15) is 14.0 Å². The van der Waals surface area contributed by atoms with Crippen LogP contribution in [-0.2, 0) is 14.3 Å². The van der Waals surface area contributed by atoms with Gasteiger partial charge in [-0.15, -0.1) is 0 Å². The average molecular weight is 349 g/mol. The highest BCUT2D eigenvalue weighted by atomic mass is 19.1. The molecule has 3 rings (SSSR count). The van der Waals surface area contributed by atoms with Gasteiger partial charge in [0.25, 0.3) is 0 Å². The third-order valence-corrected chi connectivity index (χ3v) is 4.75. The van der Waals surface area contributed by atoms with Gasteiger partial charge in [-0.3, -0.25) is 9.59 Å². The number of nitrogens with one attached hydrogen (secondary N) is 2. The van der Waals surface area contributed by atoms with Crippen LogP contribution in [0.5, 0.6) is 0 Å². The third kappa shape index (κ3) is 4.28. The highest BCUT2D eigenvalue weighted by Gasteiger charge is 2.33. The topological polar surface area (TPSA) is 70.7 Å². The van der Waals surface area contributed by atoms with Crippen molar-refractivity contribution in [3.05, 3.63) is 24.0 Å². The Bertz CT molecular complexity index is 646. The second-order valence-electron chi connectivity index (χ2n) is 6.53. The number of anilines is 2. The lowest BCUT2D eigenvalue weighted by Gasteiger charge is -2.15. The van der Waals surface area contributed by atoms with Crippen LogP contribution in [0.25, 0.3) is 0 Å². The summed E-state index contributed by atoms with van der Waals surface area (Å²) < 4.78 is 19.7. The number of hydrogen-bond donors (Lipinski definition) is 2. The lowest BCUT2D eigenvalue weighted by molar-refractivity contribution is -0.128. The van der Waals surface area contributed by atoms with Gasteiger partial charge in [0.15, 0.2) is 0 Å². The standard InChI is InChI=1S/C18H24FN3O3/c1-2-22-11-12(8-17(22)23)18(24)21-13-5-6-16(15(19)9-13)20-10-14-4-3-7-25-14/h5-6,9,12,14,20H,2-4,7-8,10-11H2,1H3,(H,21,24)/t12-,14-/m1/s1. The molecule has 1 aromatic carbocycles. The third-order valence-electron chi connectivity index (χ3n) is 4.75. The monoisotopic (exact) mass is 349 g/mol. The van der Waals surface area contributed by atoms with Crippen molar-refractivity contribution >= 4 is 23.2 Å². The second kappa shape index (κ2) is 7.82. The van der Waals surface area contributed by atoms with Crippen molar-refractivity contribution < 1.29 is 18.7 Å². The van der Waals surface area contributed by atoms with E-state index in [1.54, 1.807) is 17.0 Å². The van der Waals surface area contributed by atoms with E-state index in [0.717, 1.165) is 19.4 Å². The molecule has 25 heavy (non-hydrogen) atoms. The maximum absolute atomic E-state index is 14.2. The summed E-state index contributed by atoms with van der Waals surface area (Å²) in [6, 6.07) is 4.56. The fourth-order valence-electron chi connectivity index (χ4n) is 3.26. The van der Waals surface area contributed by atoms with Crippen molar-refractivity contribution in [2.45, 2.75) is 32.3 Å². The number of amides is 2. The molecule has 0 saturated carbocycles. The summed E-state index contributed by atoms with van der Waals surface area (Å²) in [5.41, 5.74) is 0.786. The zero-order valence-electron chi connectivity index (χ0n) is 14.4. The van der Waals surface area contributed by atoms with Gasteiger partial charge >= 0.3 is 0 Å². The van der Waals surface area contributed by atoms with Crippen molar-refractivity contribution in [1.82, 2.24) is 4.90 Å². The first-order valence-electron chi connectivity index (χ1n) is 8.80. The van der Waals surface area contributed by atoms with Crippen LogP contribution >= 0.6 is 0 Å². The number of carbonyl (C=O) groups excluding carboxylic acids is 2. The number of nitrogens with zero attached hydrogens (tertiary/aromatic N) is 1. The van der Waals surface area contributed by atoms with Crippen molar-refractivity contribution in [1.29, 1.82) is 0 Å². The SMILES string of the molecule is CCN1C[C@H](C(=O)Nc2ccc(NC[C@H]3CCCO3)c(F)c2)CC1=O. The first-order valence-corrected chi connectivity index (χ1v) is 8.80. The van der Waals surface area contributed by atoms with Gasteiger partial charge in [-0.05, 0) is 38.0 Å². The largest absolute Gasteiger partial charge is 0.380 e. The Balaban J connectivity index is 1.55. The number of carbonyl (C=O) groups is 2. The van der Waals surface area contributed by atoms with Crippen LogP contribution in [-0.4, -0.2) is 49.1 Å². The minimum atomic E-state index is -0.423. The Labute approximate surface area is 146 Å². The highest BCUT2D eigenvalue weighted by Crippen LogP contribution is 2.23. The van der Waals surface area contributed by atoms with E-state index in [2.05, 4.69) is 10.6 Å². The molecule has 2 fully saturated rings. The summed E-state index contributed by atoms with van der Waals surface area (Å²) in [5, 5.41) is 5.75. The Kier molecular flexibility index (Phi) is 5.53. The van der Waals surface area contributed by atoms with Crippen molar-refractivity contribution in [2.75, 3.05) is 36.9 Å². The second-order valence-corrected chi connectivity index (χ2v) is 6.53. The van der Waals surface area contributed by atoms with Crippen LogP contribution in [0.2, 0.25) is 0 Å². The molecule has 2 atom stereocenters. The molecule has 0 unspecified atom stereocenters. The molecule has 6 nitrogen and oxygen atoms in total. The van der Waals surface area contributed by atoms with E-state index < -0.39 is 5.82 Å². The molecule has 2 aliphatic rings. The zero-order valence-corrected chi connectivity index (χ0v) is 14.4. The Morgan fingerprint density at radius 3 is 2.92 bits per heavy atom. The van der Waals surface area contributed by atoms with Gasteiger partial charge in [0.1, 0.15) is 5.82 Å². The fourth-order valence-corrected chi connectivity index (χ4v) is 3.26. The van der Waals surface area contributed by atoms with Crippen LogP contribution in [0.1, 0.15) is 26.2 Å². The number of rotatable bonds is 6. The Morgan fingerprint density at radius 1 is 1.44 bits per heavy atom. The quantitative estimate of drug-likeness (QED) is 0.826. The van der Waals surface area contributed by atoms with Crippen molar-refractivity contribution in [3.63, 3.8) is 0 Å². The maximum Gasteiger partial charge on any atom is 0.229 e. The predicted octanol–water partition coefficient (Wildman–Crippen LogP) is 2.22. The number of ether oxygens (including phenoxy) is 1. The molecule has 7 heteroatoms. The fraction of sp³-hybridized carbons (Fsp3) is 0.556. The molecule has 2 aliphatic heterocycles. The normalized spacial score (nSPS) is 23.1. The number of halogens is 1. The Morgan fingerprint density at radius 2 is 2.28 bits per heavy atom. The predicted molar refractivity (Wildman–Crippen MR) is 92.9 cm³/mol. The van der Waals surface area contributed by atoms with E-state index in [-0.39, 0.29) is 30.3 Å². The van der Waals surface area contributed by atoms with Crippen LogP contribution < -0.4 is 10.6 Å². The smallest absolute Gasteiger partial charge is 0.229 e. The molecule has 0 aliphatic carbocycles. The molecule has 2 heterocycles. The van der Waals surface area contributed by atoms with Gasteiger partial charge < -0.3 is 20.3 Å². The molecule has 136 valence electrons. The van der Waals surface area contributed by atoms with E-state index in [1.165, 1.54) is 6.07 Å². The first kappa shape index (κ1) is 17.7. The van der Waals surface area contributed by atoms with Gasteiger partial charge in [0.2, 0.25) is 11.8 Å². The van der Waals surface area contributed by atoms with Gasteiger partial charge in [-0.25, -0.2) is 4.39 Å². The molecule has 0 bridgehead atoms. The minimum absolute atomic E-state index is 0.0116. The number of likely N-dealkylation sites (tertiary alicyclic amines) is 1. The lowest BCUT2D eigenvalue weighted by Crippen LogP contribution is -2.28. The molecule has 0 spiro atoms. The van der Waals surface area contributed by atoms with E-state index >= 15 is 0 Å². The first-order chi connectivity index (χ1) is 12.1. The average Bonchev–Trinajstić information content (AvgIpc) is 3.23. The van der Waals surface area contributed by atoms with Gasteiger partial charge in [-0.2, -0.15) is 0 Å². The minimum Gasteiger partial charge on any atom is -0.380 e. The highest BCUT2D eigenvalue weighted by molar-refractivity contribution is 5.97. The van der Waals surface area contributed by atoms with E-state index in [4.69, 9.17) is 4.74 Å². The summed E-state index contributed by atoms with van der Waals surface area (Å²) >= 11 is 0. The summed E-state index contributed by atoms with van der Waals surface area (Å²) in [4.78, 5) is 25.6.